The number of rotatable bonds is 4. The van der Waals surface area contributed by atoms with Crippen molar-refractivity contribution in [2.75, 3.05) is 0 Å². The van der Waals surface area contributed by atoms with Gasteiger partial charge in [-0.1, -0.05) is 37.5 Å². The van der Waals surface area contributed by atoms with Crippen LogP contribution in [-0.4, -0.2) is 17.9 Å². The second-order valence-corrected chi connectivity index (χ2v) is 7.99. The zero-order valence-electron chi connectivity index (χ0n) is 17.3. The minimum absolute atomic E-state index is 0.0323. The van der Waals surface area contributed by atoms with E-state index in [1.54, 1.807) is 24.3 Å². The van der Waals surface area contributed by atoms with Crippen LogP contribution in [0.1, 0.15) is 53.0 Å². The fraction of sp³-hybridized carbons (Fsp3) is 0.240. The van der Waals surface area contributed by atoms with Gasteiger partial charge in [0.2, 0.25) is 5.76 Å². The van der Waals surface area contributed by atoms with Crippen molar-refractivity contribution < 1.29 is 23.2 Å². The minimum atomic E-state index is -0.730. The van der Waals surface area contributed by atoms with Crippen molar-refractivity contribution in [3.63, 3.8) is 0 Å². The van der Waals surface area contributed by atoms with Gasteiger partial charge in [0.05, 0.1) is 0 Å². The van der Waals surface area contributed by atoms with Crippen LogP contribution in [0.4, 0.5) is 0 Å². The van der Waals surface area contributed by atoms with Crippen molar-refractivity contribution in [1.29, 1.82) is 0 Å². The maximum Gasteiger partial charge on any atom is 0.379 e. The molecule has 0 saturated heterocycles. The number of esters is 1. The number of carbonyl (C=O) groups excluding carboxylic acids is 2. The van der Waals surface area contributed by atoms with E-state index in [0.717, 1.165) is 31.1 Å². The van der Waals surface area contributed by atoms with Gasteiger partial charge < -0.3 is 18.9 Å². The molecule has 32 heavy (non-hydrogen) atoms. The summed E-state index contributed by atoms with van der Waals surface area (Å²) < 4.78 is 16.3. The van der Waals surface area contributed by atoms with E-state index < -0.39 is 17.5 Å². The molecule has 7 heteroatoms. The maximum absolute atomic E-state index is 12.6. The monoisotopic (exact) mass is 431 g/mol. The molecule has 2 aromatic heterocycles. The van der Waals surface area contributed by atoms with E-state index in [4.69, 9.17) is 13.6 Å². The van der Waals surface area contributed by atoms with Crippen LogP contribution in [0.25, 0.3) is 21.9 Å². The summed E-state index contributed by atoms with van der Waals surface area (Å²) in [6, 6.07) is 15.1. The highest BCUT2D eigenvalue weighted by molar-refractivity contribution is 5.97. The number of hydrogen-bond acceptors (Lipinski definition) is 6. The van der Waals surface area contributed by atoms with Gasteiger partial charge in [-0.05, 0) is 43.2 Å². The third-order valence-corrected chi connectivity index (χ3v) is 5.73. The lowest BCUT2D eigenvalue weighted by molar-refractivity contribution is 0.0704. The standard InChI is InChI=1S/C25H21NO6/c27-23(26-17-7-2-1-3-8-17)19-12-16-10-11-18(14-21(16)32-24(19)28)30-25(29)22-13-15-6-4-5-9-20(15)31-22/h4-6,9-14,17H,1-3,7-8H2,(H,26,27). The normalized spacial score (nSPS) is 14.5. The number of carbonyl (C=O) groups is 2. The summed E-state index contributed by atoms with van der Waals surface area (Å²) >= 11 is 0. The van der Waals surface area contributed by atoms with Gasteiger partial charge in [0.1, 0.15) is 22.5 Å². The van der Waals surface area contributed by atoms with Crippen LogP contribution in [-0.2, 0) is 0 Å². The molecular formula is C25H21NO6. The summed E-state index contributed by atoms with van der Waals surface area (Å²) in [5, 5.41) is 4.28. The molecule has 2 aromatic carbocycles. The Kier molecular flexibility index (Phi) is 5.23. The molecule has 162 valence electrons. The lowest BCUT2D eigenvalue weighted by Crippen LogP contribution is -2.38. The lowest BCUT2D eigenvalue weighted by atomic mass is 9.95. The molecular weight excluding hydrogens is 410 g/mol. The van der Waals surface area contributed by atoms with Crippen LogP contribution in [0.15, 0.2) is 68.2 Å². The molecule has 1 fully saturated rings. The number of benzene rings is 2. The SMILES string of the molecule is O=C(Oc1ccc2cc(C(=O)NC3CCCCC3)c(=O)oc2c1)c1cc2ccccc2o1. The predicted octanol–water partition coefficient (Wildman–Crippen LogP) is 4.82. The Labute approximate surface area is 183 Å². The predicted molar refractivity (Wildman–Crippen MR) is 118 cm³/mol. The molecule has 0 atom stereocenters. The molecule has 1 saturated carbocycles. The summed E-state index contributed by atoms with van der Waals surface area (Å²) in [6.07, 6.45) is 5.17. The lowest BCUT2D eigenvalue weighted by Gasteiger charge is -2.22. The number of ether oxygens (including phenoxy) is 1. The average Bonchev–Trinajstić information content (AvgIpc) is 3.24. The van der Waals surface area contributed by atoms with Crippen molar-refractivity contribution in [2.24, 2.45) is 0 Å². The Morgan fingerprint density at radius 1 is 0.875 bits per heavy atom. The summed E-state index contributed by atoms with van der Waals surface area (Å²) in [4.78, 5) is 37.4. The molecule has 0 radical (unpaired) electrons. The van der Waals surface area contributed by atoms with Gasteiger partial charge >= 0.3 is 11.6 Å². The van der Waals surface area contributed by atoms with E-state index in [2.05, 4.69) is 5.32 Å². The number of furan rings is 1. The Balaban J connectivity index is 1.35. The molecule has 4 aromatic rings. The van der Waals surface area contributed by atoms with Crippen LogP contribution in [0.5, 0.6) is 5.75 Å². The van der Waals surface area contributed by atoms with E-state index in [0.29, 0.717) is 11.0 Å². The molecule has 0 aliphatic heterocycles. The topological polar surface area (TPSA) is 98.8 Å². The second-order valence-electron chi connectivity index (χ2n) is 7.99. The van der Waals surface area contributed by atoms with E-state index in [1.165, 1.54) is 18.6 Å². The molecule has 0 spiro atoms. The van der Waals surface area contributed by atoms with Gasteiger partial charge in [0.25, 0.3) is 5.91 Å². The Hall–Kier alpha value is -3.87. The minimum Gasteiger partial charge on any atom is -0.449 e. The fourth-order valence-electron chi connectivity index (χ4n) is 4.06. The van der Waals surface area contributed by atoms with E-state index in [-0.39, 0.29) is 28.7 Å². The smallest absolute Gasteiger partial charge is 0.379 e. The summed E-state index contributed by atoms with van der Waals surface area (Å²) in [6.45, 7) is 0. The summed E-state index contributed by atoms with van der Waals surface area (Å²) in [5.74, 6) is -0.813. The third-order valence-electron chi connectivity index (χ3n) is 5.73. The first-order chi connectivity index (χ1) is 15.6. The van der Waals surface area contributed by atoms with Gasteiger partial charge in [0, 0.05) is 22.9 Å². The quantitative estimate of drug-likeness (QED) is 0.283. The van der Waals surface area contributed by atoms with Gasteiger partial charge in [-0.25, -0.2) is 9.59 Å². The molecule has 1 amide bonds. The highest BCUT2D eigenvalue weighted by Gasteiger charge is 2.20. The molecule has 2 heterocycles. The first-order valence-electron chi connectivity index (χ1n) is 10.7. The highest BCUT2D eigenvalue weighted by Crippen LogP contribution is 2.24. The fourth-order valence-corrected chi connectivity index (χ4v) is 4.06. The van der Waals surface area contributed by atoms with Crippen LogP contribution in [0.2, 0.25) is 0 Å². The highest BCUT2D eigenvalue weighted by atomic mass is 16.5. The first-order valence-corrected chi connectivity index (χ1v) is 10.7. The largest absolute Gasteiger partial charge is 0.449 e. The molecule has 5 rings (SSSR count). The molecule has 1 aliphatic rings. The maximum atomic E-state index is 12.6. The number of amides is 1. The van der Waals surface area contributed by atoms with E-state index in [9.17, 15) is 14.4 Å². The zero-order valence-corrected chi connectivity index (χ0v) is 17.3. The number of fused-ring (bicyclic) bond motifs is 2. The van der Waals surface area contributed by atoms with Crippen molar-refractivity contribution in [3.8, 4) is 5.75 Å². The van der Waals surface area contributed by atoms with Crippen LogP contribution in [0, 0.1) is 0 Å². The average molecular weight is 431 g/mol. The van der Waals surface area contributed by atoms with Crippen LogP contribution in [0.3, 0.4) is 0 Å². The van der Waals surface area contributed by atoms with Crippen LogP contribution < -0.4 is 15.7 Å². The number of nitrogens with one attached hydrogen (secondary N) is 1. The molecule has 0 bridgehead atoms. The second kappa shape index (κ2) is 8.34. The van der Waals surface area contributed by atoms with E-state index in [1.807, 2.05) is 18.2 Å². The Morgan fingerprint density at radius 2 is 1.66 bits per heavy atom. The van der Waals surface area contributed by atoms with Gasteiger partial charge in [-0.2, -0.15) is 0 Å². The molecule has 7 nitrogen and oxygen atoms in total. The molecule has 0 unspecified atom stereocenters. The van der Waals surface area contributed by atoms with Gasteiger partial charge in [-0.15, -0.1) is 0 Å². The third kappa shape index (κ3) is 4.01. The molecule has 1 N–H and O–H groups in total. The summed E-state index contributed by atoms with van der Waals surface area (Å²) in [5.41, 5.74) is 0.0452. The molecule has 1 aliphatic carbocycles. The van der Waals surface area contributed by atoms with Gasteiger partial charge in [0.15, 0.2) is 0 Å². The zero-order chi connectivity index (χ0) is 22.1. The number of hydrogen-bond donors (Lipinski definition) is 1. The van der Waals surface area contributed by atoms with Crippen LogP contribution >= 0.6 is 0 Å². The Morgan fingerprint density at radius 3 is 2.47 bits per heavy atom. The van der Waals surface area contributed by atoms with E-state index >= 15 is 0 Å². The van der Waals surface area contributed by atoms with Crippen molar-refractivity contribution in [1.82, 2.24) is 5.32 Å². The van der Waals surface area contributed by atoms with Crippen molar-refractivity contribution >= 4 is 33.8 Å². The van der Waals surface area contributed by atoms with Crippen molar-refractivity contribution in [3.05, 3.63) is 76.3 Å². The summed E-state index contributed by atoms with van der Waals surface area (Å²) in [7, 11) is 0. The van der Waals surface area contributed by atoms with Crippen molar-refractivity contribution in [2.45, 2.75) is 38.1 Å². The first kappa shape index (κ1) is 20.1. The Bertz CT molecular complexity index is 1340. The van der Waals surface area contributed by atoms with Gasteiger partial charge in [-0.3, -0.25) is 4.79 Å². The number of para-hydroxylation sites is 1.